The molecule has 2 rings (SSSR count). The number of anilines is 1. The van der Waals surface area contributed by atoms with Crippen LogP contribution in [0.5, 0.6) is 0 Å². The highest BCUT2D eigenvalue weighted by Gasteiger charge is 2.23. The van der Waals surface area contributed by atoms with Gasteiger partial charge in [0.2, 0.25) is 0 Å². The lowest BCUT2D eigenvalue weighted by molar-refractivity contribution is 0.332. The molecule has 88 valence electrons. The molecule has 0 bridgehead atoms. The van der Waals surface area contributed by atoms with Gasteiger partial charge in [-0.3, -0.25) is 4.98 Å². The van der Waals surface area contributed by atoms with Crippen LogP contribution in [0.25, 0.3) is 0 Å². The highest BCUT2D eigenvalue weighted by Crippen LogP contribution is 2.27. The number of hydrogen-bond acceptors (Lipinski definition) is 3. The van der Waals surface area contributed by atoms with Crippen LogP contribution in [0.3, 0.4) is 0 Å². The fraction of sp³-hybridized carbons (Fsp3) is 0.615. The highest BCUT2D eigenvalue weighted by molar-refractivity contribution is 5.47. The first kappa shape index (κ1) is 11.4. The first-order valence-electron chi connectivity index (χ1n) is 6.19. The van der Waals surface area contributed by atoms with Crippen LogP contribution in [0.15, 0.2) is 18.3 Å². The maximum Gasteiger partial charge on any atom is 0.0603 e. The van der Waals surface area contributed by atoms with Crippen molar-refractivity contribution in [3.63, 3.8) is 0 Å². The van der Waals surface area contributed by atoms with Gasteiger partial charge in [-0.05, 0) is 44.4 Å². The molecule has 0 saturated heterocycles. The van der Waals surface area contributed by atoms with E-state index in [4.69, 9.17) is 5.73 Å². The number of aromatic nitrogens is 1. The summed E-state index contributed by atoms with van der Waals surface area (Å²) >= 11 is 0. The third kappa shape index (κ3) is 2.53. The number of pyridine rings is 1. The summed E-state index contributed by atoms with van der Waals surface area (Å²) in [6.07, 6.45) is 6.96. The zero-order valence-corrected chi connectivity index (χ0v) is 9.95. The van der Waals surface area contributed by atoms with Crippen LogP contribution in [-0.2, 0) is 0 Å². The van der Waals surface area contributed by atoms with Gasteiger partial charge >= 0.3 is 0 Å². The summed E-state index contributed by atoms with van der Waals surface area (Å²) < 4.78 is 0. The molecule has 0 amide bonds. The fourth-order valence-corrected chi connectivity index (χ4v) is 2.52. The number of nitrogens with two attached hydrogens (primary N) is 1. The van der Waals surface area contributed by atoms with Crippen LogP contribution in [0.2, 0.25) is 0 Å². The van der Waals surface area contributed by atoms with Gasteiger partial charge in [0.25, 0.3) is 0 Å². The summed E-state index contributed by atoms with van der Waals surface area (Å²) in [4.78, 5) is 4.30. The van der Waals surface area contributed by atoms with E-state index >= 15 is 0 Å². The molecule has 1 aliphatic carbocycles. The third-order valence-electron chi connectivity index (χ3n) is 3.56. The smallest absolute Gasteiger partial charge is 0.0603 e. The second-order valence-electron chi connectivity index (χ2n) is 4.67. The Morgan fingerprint density at radius 2 is 2.25 bits per heavy atom. The lowest BCUT2D eigenvalue weighted by atomic mass is 9.84. The molecule has 3 nitrogen and oxygen atoms in total. The Morgan fingerprint density at radius 3 is 3.00 bits per heavy atom. The van der Waals surface area contributed by atoms with Crippen LogP contribution >= 0.6 is 0 Å². The Bertz CT molecular complexity index is 338. The van der Waals surface area contributed by atoms with E-state index in [0.717, 1.165) is 17.9 Å². The largest absolute Gasteiger partial charge is 0.381 e. The van der Waals surface area contributed by atoms with E-state index in [9.17, 15) is 0 Å². The number of aryl methyl sites for hydroxylation is 1. The SMILES string of the molecule is Cc1ncccc1NC1CCCCC1CN. The van der Waals surface area contributed by atoms with Gasteiger partial charge in [0.15, 0.2) is 0 Å². The van der Waals surface area contributed by atoms with Crippen molar-refractivity contribution in [3.8, 4) is 0 Å². The van der Waals surface area contributed by atoms with Crippen molar-refractivity contribution >= 4 is 5.69 Å². The van der Waals surface area contributed by atoms with Crippen molar-refractivity contribution in [1.82, 2.24) is 4.98 Å². The predicted molar refractivity (Wildman–Crippen MR) is 67.4 cm³/mol. The van der Waals surface area contributed by atoms with E-state index in [2.05, 4.69) is 16.4 Å². The maximum absolute atomic E-state index is 5.83. The highest BCUT2D eigenvalue weighted by atomic mass is 15.0. The molecule has 0 spiro atoms. The zero-order chi connectivity index (χ0) is 11.4. The first-order valence-corrected chi connectivity index (χ1v) is 6.19. The molecule has 3 N–H and O–H groups in total. The van der Waals surface area contributed by atoms with Crippen LogP contribution in [0.4, 0.5) is 5.69 Å². The van der Waals surface area contributed by atoms with Crippen molar-refractivity contribution in [2.45, 2.75) is 38.6 Å². The monoisotopic (exact) mass is 219 g/mol. The summed E-state index contributed by atoms with van der Waals surface area (Å²) in [7, 11) is 0. The lowest BCUT2D eigenvalue weighted by Gasteiger charge is -2.32. The van der Waals surface area contributed by atoms with E-state index in [1.165, 1.54) is 25.7 Å². The number of nitrogens with one attached hydrogen (secondary N) is 1. The fourth-order valence-electron chi connectivity index (χ4n) is 2.52. The number of hydrogen-bond donors (Lipinski definition) is 2. The first-order chi connectivity index (χ1) is 7.81. The Morgan fingerprint density at radius 1 is 1.44 bits per heavy atom. The van der Waals surface area contributed by atoms with Gasteiger partial charge < -0.3 is 11.1 Å². The van der Waals surface area contributed by atoms with Crippen LogP contribution in [0, 0.1) is 12.8 Å². The third-order valence-corrected chi connectivity index (χ3v) is 3.56. The Balaban J connectivity index is 2.05. The molecule has 1 aromatic rings. The topological polar surface area (TPSA) is 50.9 Å². The lowest BCUT2D eigenvalue weighted by Crippen LogP contribution is -2.36. The van der Waals surface area contributed by atoms with Gasteiger partial charge in [-0.15, -0.1) is 0 Å². The van der Waals surface area contributed by atoms with E-state index in [-0.39, 0.29) is 0 Å². The van der Waals surface area contributed by atoms with E-state index in [0.29, 0.717) is 12.0 Å². The maximum atomic E-state index is 5.83. The molecule has 1 saturated carbocycles. The molecule has 0 radical (unpaired) electrons. The summed E-state index contributed by atoms with van der Waals surface area (Å²) in [5.41, 5.74) is 8.06. The molecule has 1 aliphatic rings. The van der Waals surface area contributed by atoms with E-state index in [1.54, 1.807) is 0 Å². The molecular weight excluding hydrogens is 198 g/mol. The van der Waals surface area contributed by atoms with E-state index in [1.807, 2.05) is 19.2 Å². The predicted octanol–water partition coefficient (Wildman–Crippen LogP) is 2.32. The van der Waals surface area contributed by atoms with Gasteiger partial charge in [-0.2, -0.15) is 0 Å². The second-order valence-corrected chi connectivity index (χ2v) is 4.67. The summed E-state index contributed by atoms with van der Waals surface area (Å²) in [5, 5.41) is 3.61. The Kier molecular flexibility index (Phi) is 3.78. The number of nitrogens with zero attached hydrogens (tertiary/aromatic N) is 1. The van der Waals surface area contributed by atoms with Crippen molar-refractivity contribution in [1.29, 1.82) is 0 Å². The molecule has 1 fully saturated rings. The molecule has 1 aromatic heterocycles. The zero-order valence-electron chi connectivity index (χ0n) is 9.95. The molecule has 0 aliphatic heterocycles. The molecule has 0 aromatic carbocycles. The molecule has 2 unspecified atom stereocenters. The van der Waals surface area contributed by atoms with Crippen molar-refractivity contribution in [2.75, 3.05) is 11.9 Å². The molecule has 3 heteroatoms. The van der Waals surface area contributed by atoms with Crippen molar-refractivity contribution in [2.24, 2.45) is 11.7 Å². The minimum absolute atomic E-state index is 0.529. The van der Waals surface area contributed by atoms with E-state index < -0.39 is 0 Å². The summed E-state index contributed by atoms with van der Waals surface area (Å²) in [6, 6.07) is 4.61. The van der Waals surface area contributed by atoms with Crippen LogP contribution < -0.4 is 11.1 Å². The van der Waals surface area contributed by atoms with Crippen LogP contribution in [-0.4, -0.2) is 17.6 Å². The van der Waals surface area contributed by atoms with Crippen LogP contribution in [0.1, 0.15) is 31.4 Å². The standard InChI is InChI=1S/C13H21N3/c1-10-12(7-4-8-15-10)16-13-6-3-2-5-11(13)9-14/h4,7-8,11,13,16H,2-3,5-6,9,14H2,1H3. The average Bonchev–Trinajstić information content (AvgIpc) is 2.33. The van der Waals surface area contributed by atoms with Gasteiger partial charge in [-0.25, -0.2) is 0 Å². The summed E-state index contributed by atoms with van der Waals surface area (Å²) in [6.45, 7) is 2.83. The molecule has 1 heterocycles. The molecular formula is C13H21N3. The average molecular weight is 219 g/mol. The number of rotatable bonds is 3. The Hall–Kier alpha value is -1.09. The second kappa shape index (κ2) is 5.30. The quantitative estimate of drug-likeness (QED) is 0.820. The normalized spacial score (nSPS) is 25.4. The Labute approximate surface area is 97.5 Å². The van der Waals surface area contributed by atoms with Gasteiger partial charge in [0.1, 0.15) is 0 Å². The van der Waals surface area contributed by atoms with Crippen molar-refractivity contribution in [3.05, 3.63) is 24.0 Å². The van der Waals surface area contributed by atoms with Gasteiger partial charge in [0.05, 0.1) is 11.4 Å². The van der Waals surface area contributed by atoms with Gasteiger partial charge in [0, 0.05) is 12.2 Å². The van der Waals surface area contributed by atoms with Gasteiger partial charge in [-0.1, -0.05) is 12.8 Å². The molecule has 16 heavy (non-hydrogen) atoms. The summed E-state index contributed by atoms with van der Waals surface area (Å²) in [5.74, 6) is 0.619. The minimum Gasteiger partial charge on any atom is -0.381 e. The minimum atomic E-state index is 0.529. The van der Waals surface area contributed by atoms with Crippen molar-refractivity contribution < 1.29 is 0 Å². The molecule has 2 atom stereocenters.